The van der Waals surface area contributed by atoms with Crippen LogP contribution in [0.5, 0.6) is 0 Å². The molecule has 2 N–H and O–H groups in total. The minimum atomic E-state index is -0.552. The van der Waals surface area contributed by atoms with Crippen molar-refractivity contribution in [2.75, 3.05) is 6.54 Å². The van der Waals surface area contributed by atoms with Crippen LogP contribution in [0, 0.1) is 5.82 Å². The van der Waals surface area contributed by atoms with Gasteiger partial charge >= 0.3 is 6.09 Å². The molecule has 0 saturated carbocycles. The number of hydrogen-bond acceptors (Lipinski definition) is 6. The molecule has 0 aliphatic rings. The van der Waals surface area contributed by atoms with E-state index in [0.29, 0.717) is 18.0 Å². The molecule has 0 saturated heterocycles. The van der Waals surface area contributed by atoms with Crippen LogP contribution in [0.15, 0.2) is 23.7 Å². The topological polar surface area (TPSA) is 93.2 Å². The van der Waals surface area contributed by atoms with Crippen molar-refractivity contribution in [2.24, 2.45) is 0 Å². The van der Waals surface area contributed by atoms with Gasteiger partial charge in [-0.3, -0.25) is 9.78 Å². The summed E-state index contributed by atoms with van der Waals surface area (Å²) in [7, 11) is 0. The number of amides is 2. The molecule has 2 aromatic heterocycles. The van der Waals surface area contributed by atoms with Gasteiger partial charge in [-0.15, -0.1) is 11.3 Å². The van der Waals surface area contributed by atoms with E-state index in [0.717, 1.165) is 0 Å². The van der Waals surface area contributed by atoms with E-state index in [1.54, 1.807) is 26.2 Å². The molecular formula is C17H21FN4O3S. The number of nitrogens with zero attached hydrogens (tertiary/aromatic N) is 2. The second kappa shape index (κ2) is 8.70. The van der Waals surface area contributed by atoms with Gasteiger partial charge in [0, 0.05) is 24.5 Å². The molecule has 0 fully saturated rings. The van der Waals surface area contributed by atoms with E-state index in [1.165, 1.54) is 29.7 Å². The first kappa shape index (κ1) is 19.8. The summed E-state index contributed by atoms with van der Waals surface area (Å²) in [4.78, 5) is 31.7. The summed E-state index contributed by atoms with van der Waals surface area (Å²) in [6.45, 7) is 5.70. The summed E-state index contributed by atoms with van der Waals surface area (Å²) >= 11 is 1.31. The highest BCUT2D eigenvalue weighted by molar-refractivity contribution is 7.09. The number of aromatic nitrogens is 2. The van der Waals surface area contributed by atoms with Gasteiger partial charge in [0.25, 0.3) is 5.91 Å². The zero-order valence-electron chi connectivity index (χ0n) is 14.8. The van der Waals surface area contributed by atoms with Crippen LogP contribution in [-0.4, -0.2) is 34.1 Å². The second-order valence-electron chi connectivity index (χ2n) is 6.42. The van der Waals surface area contributed by atoms with Gasteiger partial charge in [0.1, 0.15) is 17.1 Å². The zero-order chi connectivity index (χ0) is 19.2. The van der Waals surface area contributed by atoms with Crippen LogP contribution in [0.1, 0.15) is 42.0 Å². The standard InChI is InChI=1S/C17H21FN4O3S/c1-17(2,3)25-16(24)20-8-6-14-22-13(10-26-14)15(23)21-9-12-11(18)5-4-7-19-12/h4-5,7,10H,6,8-9H2,1-3H3,(H,20,24)(H,21,23). The third-order valence-corrected chi connectivity index (χ3v) is 3.95. The number of ether oxygens (including phenoxy) is 1. The lowest BCUT2D eigenvalue weighted by molar-refractivity contribution is 0.0528. The Balaban J connectivity index is 1.79. The first-order valence-corrected chi connectivity index (χ1v) is 8.91. The molecule has 2 heterocycles. The van der Waals surface area contributed by atoms with Crippen molar-refractivity contribution < 1.29 is 18.7 Å². The van der Waals surface area contributed by atoms with Crippen LogP contribution >= 0.6 is 11.3 Å². The average molecular weight is 380 g/mol. The van der Waals surface area contributed by atoms with Gasteiger partial charge in [-0.05, 0) is 32.9 Å². The van der Waals surface area contributed by atoms with Crippen molar-refractivity contribution in [1.29, 1.82) is 0 Å². The largest absolute Gasteiger partial charge is 0.444 e. The number of thiazole rings is 1. The molecule has 0 spiro atoms. The van der Waals surface area contributed by atoms with Gasteiger partial charge in [-0.1, -0.05) is 0 Å². The molecule has 0 bridgehead atoms. The summed E-state index contributed by atoms with van der Waals surface area (Å²) < 4.78 is 18.6. The second-order valence-corrected chi connectivity index (χ2v) is 7.36. The van der Waals surface area contributed by atoms with Crippen molar-refractivity contribution in [1.82, 2.24) is 20.6 Å². The maximum Gasteiger partial charge on any atom is 0.407 e. The third-order valence-electron chi connectivity index (χ3n) is 3.04. The van der Waals surface area contributed by atoms with Crippen molar-refractivity contribution >= 4 is 23.3 Å². The van der Waals surface area contributed by atoms with Crippen LogP contribution < -0.4 is 10.6 Å². The van der Waals surface area contributed by atoms with E-state index < -0.39 is 23.4 Å². The van der Waals surface area contributed by atoms with Gasteiger partial charge in [-0.25, -0.2) is 14.2 Å². The molecule has 140 valence electrons. The lowest BCUT2D eigenvalue weighted by Crippen LogP contribution is -2.33. The molecule has 26 heavy (non-hydrogen) atoms. The van der Waals surface area contributed by atoms with E-state index >= 15 is 0 Å². The van der Waals surface area contributed by atoms with Crippen molar-refractivity contribution in [2.45, 2.75) is 39.3 Å². The molecule has 0 radical (unpaired) electrons. The number of hydrogen-bond donors (Lipinski definition) is 2. The lowest BCUT2D eigenvalue weighted by atomic mass is 10.2. The molecule has 0 aliphatic heterocycles. The smallest absolute Gasteiger partial charge is 0.407 e. The number of halogens is 1. The molecule has 9 heteroatoms. The number of carbonyl (C=O) groups excluding carboxylic acids is 2. The van der Waals surface area contributed by atoms with E-state index in [-0.39, 0.29) is 17.9 Å². The van der Waals surface area contributed by atoms with Crippen molar-refractivity contribution in [3.05, 3.63) is 45.9 Å². The fourth-order valence-corrected chi connectivity index (χ4v) is 2.70. The molecule has 0 unspecified atom stereocenters. The van der Waals surface area contributed by atoms with E-state index in [4.69, 9.17) is 4.74 Å². The van der Waals surface area contributed by atoms with Crippen molar-refractivity contribution in [3.8, 4) is 0 Å². The summed E-state index contributed by atoms with van der Waals surface area (Å²) in [5.41, 5.74) is -0.139. The number of rotatable bonds is 6. The van der Waals surface area contributed by atoms with Gasteiger partial charge in [0.2, 0.25) is 0 Å². The summed E-state index contributed by atoms with van der Waals surface area (Å²) in [6.07, 6.45) is 1.44. The van der Waals surface area contributed by atoms with Crippen LogP contribution in [0.25, 0.3) is 0 Å². The molecule has 0 aromatic carbocycles. The van der Waals surface area contributed by atoms with E-state index in [2.05, 4.69) is 20.6 Å². The molecule has 0 aliphatic carbocycles. The van der Waals surface area contributed by atoms with Crippen LogP contribution in [-0.2, 0) is 17.7 Å². The molecule has 0 atom stereocenters. The molecule has 2 aromatic rings. The third kappa shape index (κ3) is 6.40. The highest BCUT2D eigenvalue weighted by Gasteiger charge is 2.16. The normalized spacial score (nSPS) is 11.1. The highest BCUT2D eigenvalue weighted by Crippen LogP contribution is 2.11. The Morgan fingerprint density at radius 2 is 2.08 bits per heavy atom. The summed E-state index contributed by atoms with van der Waals surface area (Å²) in [6, 6.07) is 2.77. The van der Waals surface area contributed by atoms with Gasteiger partial charge in [-0.2, -0.15) is 0 Å². The van der Waals surface area contributed by atoms with Crippen LogP contribution in [0.3, 0.4) is 0 Å². The fraction of sp³-hybridized carbons (Fsp3) is 0.412. The molecule has 2 rings (SSSR count). The minimum absolute atomic E-state index is 0.0153. The summed E-state index contributed by atoms with van der Waals surface area (Å²) in [5.74, 6) is -0.877. The monoisotopic (exact) mass is 380 g/mol. The van der Waals surface area contributed by atoms with Gasteiger partial charge in [0.15, 0.2) is 0 Å². The summed E-state index contributed by atoms with van der Waals surface area (Å²) in [5, 5.41) is 7.54. The van der Waals surface area contributed by atoms with Gasteiger partial charge in [0.05, 0.1) is 17.2 Å². The maximum atomic E-state index is 13.5. The van der Waals surface area contributed by atoms with Crippen LogP contribution in [0.4, 0.5) is 9.18 Å². The first-order chi connectivity index (χ1) is 12.2. The Hall–Kier alpha value is -2.55. The van der Waals surface area contributed by atoms with Crippen molar-refractivity contribution in [3.63, 3.8) is 0 Å². The fourth-order valence-electron chi connectivity index (χ4n) is 1.92. The SMILES string of the molecule is CC(C)(C)OC(=O)NCCc1nc(C(=O)NCc2ncccc2F)cs1. The van der Waals surface area contributed by atoms with Crippen LogP contribution in [0.2, 0.25) is 0 Å². The molecule has 2 amide bonds. The molecular weight excluding hydrogens is 359 g/mol. The number of pyridine rings is 1. The Morgan fingerprint density at radius 3 is 2.77 bits per heavy atom. The Labute approximate surface area is 155 Å². The Bertz CT molecular complexity index is 773. The number of carbonyl (C=O) groups is 2. The number of alkyl carbamates (subject to hydrolysis) is 1. The predicted octanol–water partition coefficient (Wildman–Crippen LogP) is 2.67. The maximum absolute atomic E-state index is 13.5. The Kier molecular flexibility index (Phi) is 6.62. The quantitative estimate of drug-likeness (QED) is 0.804. The van der Waals surface area contributed by atoms with E-state index in [1.807, 2.05) is 0 Å². The Morgan fingerprint density at radius 1 is 1.31 bits per heavy atom. The first-order valence-electron chi connectivity index (χ1n) is 8.03. The predicted molar refractivity (Wildman–Crippen MR) is 95.4 cm³/mol. The average Bonchev–Trinajstić information content (AvgIpc) is 3.01. The lowest BCUT2D eigenvalue weighted by Gasteiger charge is -2.19. The van der Waals surface area contributed by atoms with Gasteiger partial charge < -0.3 is 15.4 Å². The van der Waals surface area contributed by atoms with E-state index in [9.17, 15) is 14.0 Å². The minimum Gasteiger partial charge on any atom is -0.444 e. The highest BCUT2D eigenvalue weighted by atomic mass is 32.1. The molecule has 7 nitrogen and oxygen atoms in total. The number of nitrogens with one attached hydrogen (secondary N) is 2. The zero-order valence-corrected chi connectivity index (χ0v) is 15.7.